The van der Waals surface area contributed by atoms with Gasteiger partial charge in [-0.25, -0.2) is 0 Å². The summed E-state index contributed by atoms with van der Waals surface area (Å²) in [6.07, 6.45) is 1.07. The third kappa shape index (κ3) is 2.29. The van der Waals surface area contributed by atoms with Gasteiger partial charge in [0, 0.05) is 38.8 Å². The number of hydrogen-bond donors (Lipinski definition) is 1. The molecule has 0 aliphatic carbocycles. The number of nitrogens with zero attached hydrogens (tertiary/aromatic N) is 4. The molecule has 1 N–H and O–H groups in total. The van der Waals surface area contributed by atoms with E-state index in [1.165, 1.54) is 0 Å². The molecule has 3 saturated heterocycles. The van der Waals surface area contributed by atoms with Crippen molar-refractivity contribution in [2.45, 2.75) is 32.0 Å². The van der Waals surface area contributed by atoms with E-state index in [0.717, 1.165) is 38.4 Å². The minimum absolute atomic E-state index is 0.134. The summed E-state index contributed by atoms with van der Waals surface area (Å²) in [5.41, 5.74) is 0.760. The molecule has 0 amide bonds. The van der Waals surface area contributed by atoms with Gasteiger partial charge in [-0.05, 0) is 13.8 Å². The Morgan fingerprint density at radius 3 is 2.53 bits per heavy atom. The van der Waals surface area contributed by atoms with Gasteiger partial charge in [-0.1, -0.05) is 11.6 Å². The Morgan fingerprint density at radius 1 is 1.32 bits per heavy atom. The van der Waals surface area contributed by atoms with Gasteiger partial charge in [0.15, 0.2) is 0 Å². The van der Waals surface area contributed by atoms with Gasteiger partial charge in [-0.2, -0.15) is 5.10 Å². The molecule has 0 aromatic carbocycles. The number of hydrogen-bond acceptors (Lipinski definition) is 4. The Morgan fingerprint density at radius 2 is 2.00 bits per heavy atom. The molecule has 4 heterocycles. The Balaban J connectivity index is 1.87. The summed E-state index contributed by atoms with van der Waals surface area (Å²) in [6.45, 7) is 9.32. The molecule has 19 heavy (non-hydrogen) atoms. The van der Waals surface area contributed by atoms with Gasteiger partial charge in [-0.3, -0.25) is 14.5 Å². The van der Waals surface area contributed by atoms with Crippen molar-refractivity contribution >= 4 is 11.6 Å². The summed E-state index contributed by atoms with van der Waals surface area (Å²) in [4.78, 5) is 4.79. The zero-order valence-electron chi connectivity index (χ0n) is 11.5. The molecule has 1 aromatic rings. The van der Waals surface area contributed by atoms with Gasteiger partial charge in [0.05, 0.1) is 23.0 Å². The summed E-state index contributed by atoms with van der Waals surface area (Å²) in [6, 6.07) is 0.336. The number of rotatable bonds is 3. The maximum absolute atomic E-state index is 10.8. The zero-order chi connectivity index (χ0) is 13.6. The summed E-state index contributed by atoms with van der Waals surface area (Å²) in [5, 5.41) is 15.6. The Labute approximate surface area is 118 Å². The van der Waals surface area contributed by atoms with Crippen molar-refractivity contribution in [1.29, 1.82) is 0 Å². The number of aliphatic hydroxyl groups excluding tert-OH is 1. The van der Waals surface area contributed by atoms with Crippen LogP contribution < -0.4 is 0 Å². The van der Waals surface area contributed by atoms with Crippen molar-refractivity contribution in [2.24, 2.45) is 0 Å². The number of aliphatic hydroxyl groups is 1. The molecule has 3 fully saturated rings. The van der Waals surface area contributed by atoms with Crippen molar-refractivity contribution in [3.05, 3.63) is 16.9 Å². The molecule has 4 rings (SSSR count). The number of halogens is 1. The first kappa shape index (κ1) is 13.4. The van der Waals surface area contributed by atoms with Crippen molar-refractivity contribution in [3.8, 4) is 0 Å². The van der Waals surface area contributed by atoms with Crippen LogP contribution in [-0.4, -0.2) is 63.5 Å². The van der Waals surface area contributed by atoms with Crippen molar-refractivity contribution in [3.63, 3.8) is 0 Å². The highest BCUT2D eigenvalue weighted by atomic mass is 35.5. The van der Waals surface area contributed by atoms with E-state index in [1.807, 2.05) is 4.68 Å². The first-order valence-corrected chi connectivity index (χ1v) is 7.33. The quantitative estimate of drug-likeness (QED) is 0.904. The van der Waals surface area contributed by atoms with E-state index in [4.69, 9.17) is 11.6 Å². The van der Waals surface area contributed by atoms with E-state index in [-0.39, 0.29) is 12.1 Å². The van der Waals surface area contributed by atoms with Crippen LogP contribution in [-0.2, 0) is 0 Å². The Kier molecular flexibility index (Phi) is 3.55. The molecule has 106 valence electrons. The van der Waals surface area contributed by atoms with Crippen LogP contribution in [0.25, 0.3) is 0 Å². The third-order valence-corrected chi connectivity index (χ3v) is 4.53. The van der Waals surface area contributed by atoms with Gasteiger partial charge >= 0.3 is 0 Å². The highest BCUT2D eigenvalue weighted by Gasteiger charge is 2.38. The maximum atomic E-state index is 10.8. The molecule has 3 aliphatic heterocycles. The van der Waals surface area contributed by atoms with Crippen molar-refractivity contribution in [2.75, 3.05) is 32.7 Å². The molecule has 2 unspecified atom stereocenters. The highest BCUT2D eigenvalue weighted by molar-refractivity contribution is 6.31. The minimum Gasteiger partial charge on any atom is -0.385 e. The average Bonchev–Trinajstić information content (AvgIpc) is 2.81. The molecule has 1 aromatic heterocycles. The molecule has 0 saturated carbocycles. The molecule has 0 radical (unpaired) electrons. The van der Waals surface area contributed by atoms with Gasteiger partial charge in [0.2, 0.25) is 0 Å². The lowest BCUT2D eigenvalue weighted by Gasteiger charge is -2.49. The fourth-order valence-electron chi connectivity index (χ4n) is 3.18. The number of fused-ring (bicyclic) bond motifs is 3. The lowest BCUT2D eigenvalue weighted by atomic mass is 10.00. The van der Waals surface area contributed by atoms with E-state index in [2.05, 4.69) is 28.7 Å². The highest BCUT2D eigenvalue weighted by Crippen LogP contribution is 2.32. The standard InChI is InChI=1S/C13H21ClN4O/c1-9(2)18-12(10(14)7-15-18)13(19)11-8-16-3-5-17(11)6-4-16/h7,9,11,13,19H,3-6,8H2,1-2H3. The summed E-state index contributed by atoms with van der Waals surface area (Å²) in [7, 11) is 0. The van der Waals surface area contributed by atoms with Gasteiger partial charge < -0.3 is 5.11 Å². The summed E-state index contributed by atoms with van der Waals surface area (Å²) < 4.78 is 1.84. The molecule has 2 bridgehead atoms. The van der Waals surface area contributed by atoms with Crippen LogP contribution in [0.1, 0.15) is 31.7 Å². The zero-order valence-corrected chi connectivity index (χ0v) is 12.2. The van der Waals surface area contributed by atoms with Crippen LogP contribution in [0.2, 0.25) is 5.02 Å². The lowest BCUT2D eigenvalue weighted by molar-refractivity contribution is -0.0498. The molecule has 2 atom stereocenters. The fraction of sp³-hybridized carbons (Fsp3) is 0.769. The van der Waals surface area contributed by atoms with Crippen LogP contribution in [0.4, 0.5) is 0 Å². The maximum Gasteiger partial charge on any atom is 0.114 e. The van der Waals surface area contributed by atoms with Crippen LogP contribution in [0, 0.1) is 0 Å². The molecule has 5 nitrogen and oxygen atoms in total. The van der Waals surface area contributed by atoms with E-state index in [9.17, 15) is 5.11 Å². The first-order valence-electron chi connectivity index (χ1n) is 6.95. The summed E-state index contributed by atoms with van der Waals surface area (Å²) >= 11 is 6.23. The molecular formula is C13H21ClN4O. The van der Waals surface area contributed by atoms with Gasteiger partial charge in [-0.15, -0.1) is 0 Å². The number of aromatic nitrogens is 2. The minimum atomic E-state index is -0.569. The van der Waals surface area contributed by atoms with Crippen molar-refractivity contribution in [1.82, 2.24) is 19.6 Å². The predicted octanol–water partition coefficient (Wildman–Crippen LogP) is 1.15. The lowest BCUT2D eigenvalue weighted by Crippen LogP contribution is -2.62. The second-order valence-electron chi connectivity index (χ2n) is 5.76. The SMILES string of the molecule is CC(C)n1ncc(Cl)c1C(O)C1CN2CCN1CC2. The van der Waals surface area contributed by atoms with E-state index in [0.29, 0.717) is 5.02 Å². The topological polar surface area (TPSA) is 44.5 Å². The van der Waals surface area contributed by atoms with Crippen LogP contribution >= 0.6 is 11.6 Å². The van der Waals surface area contributed by atoms with Crippen molar-refractivity contribution < 1.29 is 5.11 Å². The summed E-state index contributed by atoms with van der Waals surface area (Å²) in [5.74, 6) is 0. The van der Waals surface area contributed by atoms with Gasteiger partial charge in [0.1, 0.15) is 6.10 Å². The molecule has 0 spiro atoms. The molecule has 3 aliphatic rings. The van der Waals surface area contributed by atoms with E-state index < -0.39 is 6.10 Å². The predicted molar refractivity (Wildman–Crippen MR) is 74.4 cm³/mol. The largest absolute Gasteiger partial charge is 0.385 e. The van der Waals surface area contributed by atoms with Crippen LogP contribution in [0.5, 0.6) is 0 Å². The van der Waals surface area contributed by atoms with Crippen LogP contribution in [0.15, 0.2) is 6.20 Å². The molecular weight excluding hydrogens is 264 g/mol. The monoisotopic (exact) mass is 284 g/mol. The smallest absolute Gasteiger partial charge is 0.114 e. The van der Waals surface area contributed by atoms with Gasteiger partial charge in [0.25, 0.3) is 0 Å². The average molecular weight is 285 g/mol. The third-order valence-electron chi connectivity index (χ3n) is 4.24. The van der Waals surface area contributed by atoms with Crippen LogP contribution in [0.3, 0.4) is 0 Å². The fourth-order valence-corrected chi connectivity index (χ4v) is 3.42. The van der Waals surface area contributed by atoms with E-state index >= 15 is 0 Å². The van der Waals surface area contributed by atoms with E-state index in [1.54, 1.807) is 6.20 Å². The molecule has 6 heteroatoms. The first-order chi connectivity index (χ1) is 9.08. The normalized spacial score (nSPS) is 31.9. The number of piperazine rings is 3. The second-order valence-corrected chi connectivity index (χ2v) is 6.17. The second kappa shape index (κ2) is 5.05. The Bertz CT molecular complexity index is 453. The Hall–Kier alpha value is -0.620.